The van der Waals surface area contributed by atoms with Gasteiger partial charge in [0.15, 0.2) is 11.5 Å². The number of amides is 2. The third kappa shape index (κ3) is 4.96. The first-order chi connectivity index (χ1) is 16.3. The van der Waals surface area contributed by atoms with Crippen LogP contribution in [0.5, 0.6) is 11.6 Å². The van der Waals surface area contributed by atoms with Gasteiger partial charge in [-0.05, 0) is 36.9 Å². The lowest BCUT2D eigenvalue weighted by Gasteiger charge is -2.38. The van der Waals surface area contributed by atoms with Crippen LogP contribution in [0.15, 0.2) is 54.6 Å². The Hall–Kier alpha value is -4.05. The third-order valence-corrected chi connectivity index (χ3v) is 5.72. The number of likely N-dealkylation sites (N-methyl/N-ethyl adjacent to an activating group) is 1. The van der Waals surface area contributed by atoms with Crippen LogP contribution >= 0.6 is 0 Å². The van der Waals surface area contributed by atoms with Gasteiger partial charge < -0.3 is 20.4 Å². The van der Waals surface area contributed by atoms with E-state index in [4.69, 9.17) is 0 Å². The molecular formula is C24H24FN5O4. The smallest absolute Gasteiger partial charge is 0.274 e. The first-order valence-electron chi connectivity index (χ1n) is 10.7. The van der Waals surface area contributed by atoms with Crippen molar-refractivity contribution in [1.29, 1.82) is 0 Å². The maximum absolute atomic E-state index is 13.1. The van der Waals surface area contributed by atoms with Crippen molar-refractivity contribution in [1.82, 2.24) is 25.1 Å². The molecule has 0 bridgehead atoms. The highest BCUT2D eigenvalue weighted by Crippen LogP contribution is 2.30. The standard InChI is InChI=1S/C24H24FN5O4/c1-29-11-12-30(24(34)16-5-3-2-4-6-16)14-18(29)21-27-19(20(31)23(33)28-21)22(32)26-13-15-7-9-17(25)10-8-15/h2-10,18,31H,11-14H2,1H3,(H,26,32)(H,27,28,33). The van der Waals surface area contributed by atoms with Crippen LogP contribution in [0.3, 0.4) is 0 Å². The summed E-state index contributed by atoms with van der Waals surface area (Å²) in [5.41, 5.74) is 0.820. The summed E-state index contributed by atoms with van der Waals surface area (Å²) in [5, 5.41) is 23.0. The van der Waals surface area contributed by atoms with Crippen LogP contribution < -0.4 is 5.32 Å². The maximum atomic E-state index is 13.1. The van der Waals surface area contributed by atoms with Crippen molar-refractivity contribution in [2.75, 3.05) is 26.7 Å². The van der Waals surface area contributed by atoms with Gasteiger partial charge in [-0.2, -0.15) is 4.98 Å². The summed E-state index contributed by atoms with van der Waals surface area (Å²) in [6.45, 7) is 1.34. The zero-order valence-electron chi connectivity index (χ0n) is 18.5. The number of halogens is 1. The number of carbonyl (C=O) groups is 2. The van der Waals surface area contributed by atoms with Crippen LogP contribution in [0, 0.1) is 5.82 Å². The minimum absolute atomic E-state index is 0.0708. The number of aromatic hydroxyl groups is 2. The highest BCUT2D eigenvalue weighted by molar-refractivity contribution is 5.95. The molecule has 1 aromatic heterocycles. The van der Waals surface area contributed by atoms with Crippen LogP contribution in [0.25, 0.3) is 0 Å². The van der Waals surface area contributed by atoms with Crippen molar-refractivity contribution in [3.63, 3.8) is 0 Å². The fourth-order valence-electron chi connectivity index (χ4n) is 3.74. The largest absolute Gasteiger partial charge is 0.501 e. The molecule has 1 aliphatic rings. The Labute approximate surface area is 195 Å². The molecule has 1 fully saturated rings. The van der Waals surface area contributed by atoms with E-state index in [0.717, 1.165) is 0 Å². The van der Waals surface area contributed by atoms with Gasteiger partial charge >= 0.3 is 0 Å². The zero-order valence-corrected chi connectivity index (χ0v) is 18.5. The van der Waals surface area contributed by atoms with Crippen molar-refractivity contribution in [2.45, 2.75) is 12.6 Å². The maximum Gasteiger partial charge on any atom is 0.274 e. The van der Waals surface area contributed by atoms with Gasteiger partial charge in [-0.15, -0.1) is 0 Å². The number of aromatic nitrogens is 2. The second kappa shape index (κ2) is 9.84. The molecule has 10 heteroatoms. The van der Waals surface area contributed by atoms with E-state index < -0.39 is 29.4 Å². The first-order valence-corrected chi connectivity index (χ1v) is 10.7. The van der Waals surface area contributed by atoms with Crippen molar-refractivity contribution < 1.29 is 24.2 Å². The monoisotopic (exact) mass is 465 g/mol. The van der Waals surface area contributed by atoms with Crippen LogP contribution in [-0.4, -0.2) is 68.5 Å². The lowest BCUT2D eigenvalue weighted by molar-refractivity contribution is 0.0530. The molecule has 176 valence electrons. The van der Waals surface area contributed by atoms with E-state index in [2.05, 4.69) is 15.3 Å². The zero-order chi connectivity index (χ0) is 24.2. The van der Waals surface area contributed by atoms with Gasteiger partial charge in [0.05, 0.1) is 6.04 Å². The van der Waals surface area contributed by atoms with Crippen LogP contribution in [0.1, 0.15) is 38.3 Å². The lowest BCUT2D eigenvalue weighted by atomic mass is 10.1. The molecule has 0 aliphatic carbocycles. The molecule has 2 aromatic carbocycles. The molecular weight excluding hydrogens is 441 g/mol. The Morgan fingerprint density at radius 2 is 1.76 bits per heavy atom. The molecule has 0 spiro atoms. The molecule has 1 aliphatic heterocycles. The van der Waals surface area contributed by atoms with Gasteiger partial charge in [0.2, 0.25) is 5.75 Å². The highest BCUT2D eigenvalue weighted by Gasteiger charge is 2.32. The average Bonchev–Trinajstić information content (AvgIpc) is 2.85. The van der Waals surface area contributed by atoms with Gasteiger partial charge in [-0.1, -0.05) is 30.3 Å². The number of piperazine rings is 1. The van der Waals surface area contributed by atoms with Crippen molar-refractivity contribution in [2.24, 2.45) is 0 Å². The molecule has 1 saturated heterocycles. The number of hydrogen-bond donors (Lipinski definition) is 3. The van der Waals surface area contributed by atoms with E-state index in [1.165, 1.54) is 24.3 Å². The predicted molar refractivity (Wildman–Crippen MR) is 121 cm³/mol. The molecule has 34 heavy (non-hydrogen) atoms. The quantitative estimate of drug-likeness (QED) is 0.528. The van der Waals surface area contributed by atoms with Crippen molar-refractivity contribution in [3.8, 4) is 11.6 Å². The van der Waals surface area contributed by atoms with E-state index in [-0.39, 0.29) is 30.5 Å². The van der Waals surface area contributed by atoms with E-state index in [9.17, 15) is 24.2 Å². The highest BCUT2D eigenvalue weighted by atomic mass is 19.1. The normalized spacial score (nSPS) is 16.3. The summed E-state index contributed by atoms with van der Waals surface area (Å²) < 4.78 is 13.1. The summed E-state index contributed by atoms with van der Waals surface area (Å²) in [5.74, 6) is -2.62. The van der Waals surface area contributed by atoms with E-state index in [0.29, 0.717) is 24.2 Å². The summed E-state index contributed by atoms with van der Waals surface area (Å²) in [7, 11) is 1.83. The molecule has 2 amide bonds. The fraction of sp³-hybridized carbons (Fsp3) is 0.250. The molecule has 3 N–H and O–H groups in total. The average molecular weight is 465 g/mol. The van der Waals surface area contributed by atoms with Crippen molar-refractivity contribution in [3.05, 3.63) is 83.1 Å². The Morgan fingerprint density at radius 3 is 2.47 bits per heavy atom. The SMILES string of the molecule is CN1CCN(C(=O)c2ccccc2)CC1c1nc(O)c(O)c(C(=O)NCc2ccc(F)cc2)n1. The van der Waals surface area contributed by atoms with Crippen molar-refractivity contribution >= 4 is 11.8 Å². The predicted octanol–water partition coefficient (Wildman–Crippen LogP) is 2.09. The van der Waals surface area contributed by atoms with Crippen LogP contribution in [0.2, 0.25) is 0 Å². The van der Waals surface area contributed by atoms with Gasteiger partial charge in [0.25, 0.3) is 17.7 Å². The minimum atomic E-state index is -0.740. The summed E-state index contributed by atoms with van der Waals surface area (Å²) >= 11 is 0. The molecule has 4 rings (SSSR count). The lowest BCUT2D eigenvalue weighted by Crippen LogP contribution is -2.49. The molecule has 3 aromatic rings. The third-order valence-electron chi connectivity index (χ3n) is 5.72. The fourth-order valence-corrected chi connectivity index (χ4v) is 3.74. The number of hydrogen-bond acceptors (Lipinski definition) is 7. The van der Waals surface area contributed by atoms with E-state index in [1.807, 2.05) is 18.0 Å². The van der Waals surface area contributed by atoms with Gasteiger partial charge in [-0.25, -0.2) is 9.37 Å². The number of nitrogens with one attached hydrogen (secondary N) is 1. The topological polar surface area (TPSA) is 119 Å². The summed E-state index contributed by atoms with van der Waals surface area (Å²) in [6.07, 6.45) is 0. The second-order valence-electron chi connectivity index (χ2n) is 8.03. The molecule has 0 radical (unpaired) electrons. The summed E-state index contributed by atoms with van der Waals surface area (Å²) in [4.78, 5) is 37.4. The number of rotatable bonds is 5. The van der Waals surface area contributed by atoms with Gasteiger partial charge in [0.1, 0.15) is 5.82 Å². The van der Waals surface area contributed by atoms with E-state index >= 15 is 0 Å². The molecule has 9 nitrogen and oxygen atoms in total. The number of benzene rings is 2. The van der Waals surface area contributed by atoms with Gasteiger partial charge in [0, 0.05) is 31.7 Å². The Kier molecular flexibility index (Phi) is 6.69. The Balaban J connectivity index is 1.54. The van der Waals surface area contributed by atoms with E-state index in [1.54, 1.807) is 29.2 Å². The minimum Gasteiger partial charge on any atom is -0.501 e. The molecule has 1 unspecified atom stereocenters. The van der Waals surface area contributed by atoms with Crippen LogP contribution in [0.4, 0.5) is 4.39 Å². The number of nitrogens with zero attached hydrogens (tertiary/aromatic N) is 4. The Morgan fingerprint density at radius 1 is 1.06 bits per heavy atom. The van der Waals surface area contributed by atoms with Gasteiger partial charge in [-0.3, -0.25) is 14.5 Å². The van der Waals surface area contributed by atoms with Crippen LogP contribution in [-0.2, 0) is 6.54 Å². The molecule has 0 saturated carbocycles. The second-order valence-corrected chi connectivity index (χ2v) is 8.03. The number of carbonyl (C=O) groups excluding carboxylic acids is 2. The molecule has 1 atom stereocenters. The first kappa shape index (κ1) is 23.1. The summed E-state index contributed by atoms with van der Waals surface area (Å²) in [6, 6.07) is 14.0. The Bertz CT molecular complexity index is 1190. The molecule has 2 heterocycles.